The number of carboxylic acids is 1. The Kier molecular flexibility index (Phi) is 2.92. The van der Waals surface area contributed by atoms with Crippen LogP contribution in [-0.4, -0.2) is 31.4 Å². The van der Waals surface area contributed by atoms with Crippen molar-refractivity contribution in [3.8, 4) is 22.8 Å². The third kappa shape index (κ3) is 2.24. The number of aromatic nitrogens is 4. The number of nitrogens with zero attached hydrogens (tertiary/aromatic N) is 4. The van der Waals surface area contributed by atoms with Crippen molar-refractivity contribution in [2.24, 2.45) is 0 Å². The highest BCUT2D eigenvalue weighted by Gasteiger charge is 2.11. The molecule has 0 amide bonds. The highest BCUT2D eigenvalue weighted by Crippen LogP contribution is 2.21. The van der Waals surface area contributed by atoms with Crippen molar-refractivity contribution >= 4 is 5.97 Å². The third-order valence-electron chi connectivity index (χ3n) is 2.65. The molecule has 2 aromatic heterocycles. The van der Waals surface area contributed by atoms with E-state index in [1.165, 1.54) is 24.5 Å². The molecule has 3 aromatic rings. The first-order chi connectivity index (χ1) is 9.74. The van der Waals surface area contributed by atoms with Crippen LogP contribution in [0.2, 0.25) is 0 Å². The number of hydrogen-bond donors (Lipinski definition) is 1. The van der Waals surface area contributed by atoms with Crippen molar-refractivity contribution in [3.63, 3.8) is 0 Å². The van der Waals surface area contributed by atoms with E-state index in [2.05, 4.69) is 20.3 Å². The van der Waals surface area contributed by atoms with Crippen molar-refractivity contribution in [2.45, 2.75) is 0 Å². The second-order valence-corrected chi connectivity index (χ2v) is 3.94. The quantitative estimate of drug-likeness (QED) is 0.773. The minimum atomic E-state index is -0.979. The summed E-state index contributed by atoms with van der Waals surface area (Å²) in [4.78, 5) is 15.0. The molecule has 1 aromatic carbocycles. The summed E-state index contributed by atoms with van der Waals surface area (Å²) in [5.74, 6) is -0.265. The largest absolute Gasteiger partial charge is 0.478 e. The maximum Gasteiger partial charge on any atom is 0.335 e. The van der Waals surface area contributed by atoms with Crippen LogP contribution in [0.1, 0.15) is 10.4 Å². The van der Waals surface area contributed by atoms with E-state index >= 15 is 0 Å². The van der Waals surface area contributed by atoms with E-state index in [0.29, 0.717) is 22.8 Å². The molecule has 1 N–H and O–H groups in total. The van der Waals surface area contributed by atoms with Gasteiger partial charge in [0.05, 0.1) is 23.5 Å². The van der Waals surface area contributed by atoms with Gasteiger partial charge in [0.1, 0.15) is 0 Å². The topological polar surface area (TPSA) is 102 Å². The van der Waals surface area contributed by atoms with Crippen LogP contribution >= 0.6 is 0 Å². The maximum atomic E-state index is 10.8. The SMILES string of the molecule is O=C(O)c1ccc(-c2noc(-c3ccnnc3)n2)cc1. The average Bonchev–Trinajstić information content (AvgIpc) is 2.98. The molecule has 0 atom stereocenters. The van der Waals surface area contributed by atoms with Gasteiger partial charge in [0.25, 0.3) is 5.89 Å². The van der Waals surface area contributed by atoms with Gasteiger partial charge >= 0.3 is 5.97 Å². The van der Waals surface area contributed by atoms with E-state index in [9.17, 15) is 4.79 Å². The normalized spacial score (nSPS) is 10.4. The Balaban J connectivity index is 1.92. The first-order valence-electron chi connectivity index (χ1n) is 5.68. The van der Waals surface area contributed by atoms with Crippen molar-refractivity contribution in [1.82, 2.24) is 20.3 Å². The molecule has 7 heteroatoms. The predicted molar refractivity (Wildman–Crippen MR) is 67.7 cm³/mol. The molecule has 0 fully saturated rings. The lowest BCUT2D eigenvalue weighted by molar-refractivity contribution is 0.0697. The zero-order chi connectivity index (χ0) is 13.9. The van der Waals surface area contributed by atoms with E-state index in [0.717, 1.165) is 0 Å². The number of rotatable bonds is 3. The van der Waals surface area contributed by atoms with Gasteiger partial charge < -0.3 is 9.63 Å². The summed E-state index contributed by atoms with van der Waals surface area (Å²) < 4.78 is 5.14. The summed E-state index contributed by atoms with van der Waals surface area (Å²) in [7, 11) is 0. The van der Waals surface area contributed by atoms with Gasteiger partial charge in [-0.15, -0.1) is 0 Å². The highest BCUT2D eigenvalue weighted by molar-refractivity contribution is 5.88. The molecule has 0 aliphatic heterocycles. The van der Waals surface area contributed by atoms with Crippen LogP contribution in [-0.2, 0) is 0 Å². The maximum absolute atomic E-state index is 10.8. The van der Waals surface area contributed by atoms with Crippen molar-refractivity contribution in [1.29, 1.82) is 0 Å². The highest BCUT2D eigenvalue weighted by atomic mass is 16.5. The molecule has 3 rings (SSSR count). The van der Waals surface area contributed by atoms with Gasteiger partial charge in [-0.2, -0.15) is 15.2 Å². The van der Waals surface area contributed by atoms with Crippen LogP contribution in [0, 0.1) is 0 Å². The first kappa shape index (κ1) is 12.0. The van der Waals surface area contributed by atoms with Gasteiger partial charge in [0.2, 0.25) is 5.82 Å². The van der Waals surface area contributed by atoms with Gasteiger partial charge in [0, 0.05) is 5.56 Å². The fraction of sp³-hybridized carbons (Fsp3) is 0. The van der Waals surface area contributed by atoms with Gasteiger partial charge in [0.15, 0.2) is 0 Å². The predicted octanol–water partition coefficient (Wildman–Crippen LogP) is 1.89. The molecule has 0 unspecified atom stereocenters. The molecule has 0 aliphatic rings. The number of benzene rings is 1. The van der Waals surface area contributed by atoms with Crippen molar-refractivity contribution < 1.29 is 14.4 Å². The zero-order valence-corrected chi connectivity index (χ0v) is 10.1. The molecule has 2 heterocycles. The Morgan fingerprint density at radius 2 is 1.85 bits per heavy atom. The van der Waals surface area contributed by atoms with Crippen LogP contribution in [0.15, 0.2) is 47.2 Å². The minimum Gasteiger partial charge on any atom is -0.478 e. The summed E-state index contributed by atoms with van der Waals surface area (Å²) in [6, 6.07) is 7.94. The minimum absolute atomic E-state index is 0.204. The lowest BCUT2D eigenvalue weighted by atomic mass is 10.1. The van der Waals surface area contributed by atoms with Gasteiger partial charge in [-0.3, -0.25) is 0 Å². The van der Waals surface area contributed by atoms with Gasteiger partial charge in [-0.25, -0.2) is 4.79 Å². The lowest BCUT2D eigenvalue weighted by Crippen LogP contribution is -1.95. The van der Waals surface area contributed by atoms with Crippen LogP contribution < -0.4 is 0 Å². The summed E-state index contributed by atoms with van der Waals surface area (Å²) >= 11 is 0. The third-order valence-corrected chi connectivity index (χ3v) is 2.65. The van der Waals surface area contributed by atoms with E-state index in [1.807, 2.05) is 0 Å². The van der Waals surface area contributed by atoms with Crippen molar-refractivity contribution in [3.05, 3.63) is 48.3 Å². The monoisotopic (exact) mass is 268 g/mol. The first-order valence-corrected chi connectivity index (χ1v) is 5.68. The summed E-state index contributed by atoms with van der Waals surface area (Å²) in [6.45, 7) is 0. The second kappa shape index (κ2) is 4.88. The average molecular weight is 268 g/mol. The smallest absolute Gasteiger partial charge is 0.335 e. The Bertz CT molecular complexity index is 738. The molecule has 98 valence electrons. The molecule has 0 saturated heterocycles. The molecular weight excluding hydrogens is 260 g/mol. The molecular formula is C13H8N4O3. The second-order valence-electron chi connectivity index (χ2n) is 3.94. The lowest BCUT2D eigenvalue weighted by Gasteiger charge is -1.95. The number of carbonyl (C=O) groups is 1. The van der Waals surface area contributed by atoms with Crippen molar-refractivity contribution in [2.75, 3.05) is 0 Å². The Morgan fingerprint density at radius 1 is 1.05 bits per heavy atom. The summed E-state index contributed by atoms with van der Waals surface area (Å²) in [5, 5.41) is 20.1. The Hall–Kier alpha value is -3.09. The Morgan fingerprint density at radius 3 is 2.50 bits per heavy atom. The molecule has 0 bridgehead atoms. The molecule has 20 heavy (non-hydrogen) atoms. The van der Waals surface area contributed by atoms with E-state index in [1.54, 1.807) is 18.2 Å². The van der Waals surface area contributed by atoms with Crippen LogP contribution in [0.4, 0.5) is 0 Å². The zero-order valence-electron chi connectivity index (χ0n) is 10.1. The van der Waals surface area contributed by atoms with E-state index in [4.69, 9.17) is 9.63 Å². The number of hydrogen-bond acceptors (Lipinski definition) is 6. The van der Waals surface area contributed by atoms with Gasteiger partial charge in [-0.05, 0) is 18.2 Å². The van der Waals surface area contributed by atoms with Crippen LogP contribution in [0.25, 0.3) is 22.8 Å². The van der Waals surface area contributed by atoms with Crippen LogP contribution in [0.3, 0.4) is 0 Å². The fourth-order valence-electron chi connectivity index (χ4n) is 1.64. The fourth-order valence-corrected chi connectivity index (χ4v) is 1.64. The van der Waals surface area contributed by atoms with Gasteiger partial charge in [-0.1, -0.05) is 17.3 Å². The number of aromatic carboxylic acids is 1. The molecule has 0 radical (unpaired) electrons. The van der Waals surface area contributed by atoms with E-state index < -0.39 is 5.97 Å². The molecule has 0 spiro atoms. The summed E-state index contributed by atoms with van der Waals surface area (Å²) in [5.41, 5.74) is 1.55. The van der Waals surface area contributed by atoms with E-state index in [-0.39, 0.29) is 5.56 Å². The standard InChI is InChI=1S/C13H8N4O3/c18-13(19)9-3-1-8(2-4-9)11-16-12(20-17-11)10-5-6-14-15-7-10/h1-7H,(H,18,19). The number of carboxylic acid groups (broad SMARTS) is 1. The van der Waals surface area contributed by atoms with Crippen LogP contribution in [0.5, 0.6) is 0 Å². The molecule has 0 saturated carbocycles. The molecule has 0 aliphatic carbocycles. The summed E-state index contributed by atoms with van der Waals surface area (Å²) in [6.07, 6.45) is 3.05. The Labute approximate surface area is 112 Å². The molecule has 7 nitrogen and oxygen atoms in total.